The number of hydrogen-bond donors (Lipinski definition) is 0. The molecule has 4 aromatic heterocycles. The van der Waals surface area contributed by atoms with Crippen LogP contribution < -0.4 is 0 Å². The van der Waals surface area contributed by atoms with Crippen molar-refractivity contribution >= 4 is 53.4 Å². The quantitative estimate of drug-likeness (QED) is 0.185. The standard InChI is InChI=1S/C45H27N3OS/c1-2-13-28(14-3-1)37-27-38(48-45(47-37)32-16-5-4-15-29(32)36-20-10-11-26-46-36)33-25-24-31(44-43(33)34-17-6-8-21-39(34)49-44)30-19-12-23-41-42(30)35-18-7-9-22-40(35)50-41/h1-27H. The lowest BCUT2D eigenvalue weighted by Gasteiger charge is -2.14. The number of para-hydroxylation sites is 1. The lowest BCUT2D eigenvalue weighted by molar-refractivity contribution is 0.670. The number of hydrogen-bond acceptors (Lipinski definition) is 5. The van der Waals surface area contributed by atoms with Gasteiger partial charge in [-0.3, -0.25) is 4.98 Å². The molecule has 234 valence electrons. The summed E-state index contributed by atoms with van der Waals surface area (Å²) in [6.45, 7) is 0. The number of furan rings is 1. The van der Waals surface area contributed by atoms with Crippen LogP contribution in [-0.2, 0) is 0 Å². The maximum atomic E-state index is 6.80. The molecule has 6 aromatic carbocycles. The Morgan fingerprint density at radius 1 is 0.440 bits per heavy atom. The predicted octanol–water partition coefficient (Wildman–Crippen LogP) is 12.5. The molecule has 0 aliphatic heterocycles. The van der Waals surface area contributed by atoms with Crippen LogP contribution in [0, 0.1) is 0 Å². The van der Waals surface area contributed by atoms with Crippen molar-refractivity contribution in [2.75, 3.05) is 0 Å². The second-order valence-corrected chi connectivity index (χ2v) is 13.4. The molecule has 0 aliphatic carbocycles. The molecule has 0 atom stereocenters. The molecule has 0 spiro atoms. The van der Waals surface area contributed by atoms with E-state index in [0.717, 1.165) is 72.4 Å². The minimum Gasteiger partial charge on any atom is -0.455 e. The molecular formula is C45H27N3OS. The predicted molar refractivity (Wildman–Crippen MR) is 207 cm³/mol. The van der Waals surface area contributed by atoms with Gasteiger partial charge in [-0.1, -0.05) is 115 Å². The Kier molecular flexibility index (Phi) is 6.64. The van der Waals surface area contributed by atoms with Gasteiger partial charge in [-0.2, -0.15) is 0 Å². The van der Waals surface area contributed by atoms with E-state index >= 15 is 0 Å². The van der Waals surface area contributed by atoms with E-state index in [1.807, 2.05) is 78.2 Å². The normalized spacial score (nSPS) is 11.6. The molecule has 0 amide bonds. The third-order valence-corrected chi connectivity index (χ3v) is 10.5. The Morgan fingerprint density at radius 2 is 1.14 bits per heavy atom. The molecule has 0 unspecified atom stereocenters. The Morgan fingerprint density at radius 3 is 2.02 bits per heavy atom. The van der Waals surface area contributed by atoms with Crippen molar-refractivity contribution in [3.63, 3.8) is 0 Å². The zero-order chi connectivity index (χ0) is 33.0. The van der Waals surface area contributed by atoms with Crippen molar-refractivity contribution in [3.05, 3.63) is 164 Å². The largest absolute Gasteiger partial charge is 0.455 e. The van der Waals surface area contributed by atoms with E-state index in [4.69, 9.17) is 14.4 Å². The summed E-state index contributed by atoms with van der Waals surface area (Å²) in [5, 5.41) is 4.61. The van der Waals surface area contributed by atoms with Gasteiger partial charge >= 0.3 is 0 Å². The Balaban J connectivity index is 1.26. The van der Waals surface area contributed by atoms with Crippen LogP contribution in [0.5, 0.6) is 0 Å². The van der Waals surface area contributed by atoms with Crippen LogP contribution in [-0.4, -0.2) is 15.0 Å². The molecule has 0 saturated heterocycles. The van der Waals surface area contributed by atoms with Crippen LogP contribution in [0.25, 0.3) is 98.4 Å². The Bertz CT molecular complexity index is 2870. The van der Waals surface area contributed by atoms with E-state index in [0.29, 0.717) is 5.82 Å². The number of pyridine rings is 1. The SMILES string of the molecule is c1ccc(-c2cc(-c3ccc(-c4cccc5sc6ccccc6c45)c4oc5ccccc5c34)nc(-c3ccccc3-c3ccccn3)n2)cc1. The van der Waals surface area contributed by atoms with Gasteiger partial charge < -0.3 is 4.42 Å². The number of thiophene rings is 1. The summed E-state index contributed by atoms with van der Waals surface area (Å²) < 4.78 is 9.33. The van der Waals surface area contributed by atoms with Crippen LogP contribution >= 0.6 is 11.3 Å². The first-order chi connectivity index (χ1) is 24.8. The molecule has 0 aliphatic rings. The number of benzene rings is 6. The summed E-state index contributed by atoms with van der Waals surface area (Å²) in [6, 6.07) is 54.5. The van der Waals surface area contributed by atoms with Gasteiger partial charge in [0.25, 0.3) is 0 Å². The van der Waals surface area contributed by atoms with E-state index in [-0.39, 0.29) is 0 Å². The fourth-order valence-corrected chi connectivity index (χ4v) is 8.27. The van der Waals surface area contributed by atoms with Gasteiger partial charge in [0.1, 0.15) is 11.2 Å². The molecule has 5 heteroatoms. The first-order valence-electron chi connectivity index (χ1n) is 16.6. The molecule has 10 aromatic rings. The molecule has 0 bridgehead atoms. The summed E-state index contributed by atoms with van der Waals surface area (Å²) >= 11 is 1.83. The van der Waals surface area contributed by atoms with E-state index in [2.05, 4.69) is 102 Å². The molecule has 10 rings (SSSR count). The average Bonchev–Trinajstić information content (AvgIpc) is 3.77. The lowest BCUT2D eigenvalue weighted by atomic mass is 9.94. The van der Waals surface area contributed by atoms with Gasteiger partial charge in [-0.25, -0.2) is 9.97 Å². The molecule has 0 radical (unpaired) electrons. The highest BCUT2D eigenvalue weighted by atomic mass is 32.1. The minimum atomic E-state index is 0.641. The third kappa shape index (κ3) is 4.63. The van der Waals surface area contributed by atoms with Crippen LogP contribution in [0.2, 0.25) is 0 Å². The first kappa shape index (κ1) is 28.6. The van der Waals surface area contributed by atoms with Crippen LogP contribution in [0.1, 0.15) is 0 Å². The highest BCUT2D eigenvalue weighted by Crippen LogP contribution is 2.46. The van der Waals surface area contributed by atoms with Crippen molar-refractivity contribution in [2.45, 2.75) is 0 Å². The fourth-order valence-electron chi connectivity index (χ4n) is 7.14. The number of rotatable bonds is 5. The Labute approximate surface area is 292 Å². The summed E-state index contributed by atoms with van der Waals surface area (Å²) in [4.78, 5) is 15.2. The Hall–Kier alpha value is -6.43. The fraction of sp³-hybridized carbons (Fsp3) is 0. The maximum absolute atomic E-state index is 6.80. The van der Waals surface area contributed by atoms with E-state index in [1.54, 1.807) is 0 Å². The van der Waals surface area contributed by atoms with Gasteiger partial charge in [0.2, 0.25) is 0 Å². The monoisotopic (exact) mass is 657 g/mol. The number of nitrogens with zero attached hydrogens (tertiary/aromatic N) is 3. The maximum Gasteiger partial charge on any atom is 0.161 e. The molecule has 0 fully saturated rings. The van der Waals surface area contributed by atoms with Crippen molar-refractivity contribution in [1.29, 1.82) is 0 Å². The summed E-state index contributed by atoms with van der Waals surface area (Å²) in [5.74, 6) is 0.641. The van der Waals surface area contributed by atoms with Gasteiger partial charge in [-0.15, -0.1) is 11.3 Å². The molecular weight excluding hydrogens is 631 g/mol. The van der Waals surface area contributed by atoms with Crippen molar-refractivity contribution in [2.24, 2.45) is 0 Å². The van der Waals surface area contributed by atoms with Crippen LogP contribution in [0.15, 0.2) is 168 Å². The molecule has 4 nitrogen and oxygen atoms in total. The van der Waals surface area contributed by atoms with Crippen molar-refractivity contribution in [3.8, 4) is 56.3 Å². The summed E-state index contributed by atoms with van der Waals surface area (Å²) in [5.41, 5.74) is 10.4. The van der Waals surface area contributed by atoms with Gasteiger partial charge in [0.05, 0.1) is 17.1 Å². The molecule has 4 heterocycles. The number of aromatic nitrogens is 3. The zero-order valence-electron chi connectivity index (χ0n) is 26.7. The molecule has 0 saturated carbocycles. The van der Waals surface area contributed by atoms with Gasteiger partial charge in [0.15, 0.2) is 5.82 Å². The van der Waals surface area contributed by atoms with E-state index in [1.165, 1.54) is 20.2 Å². The zero-order valence-corrected chi connectivity index (χ0v) is 27.6. The average molecular weight is 658 g/mol. The second kappa shape index (κ2) is 11.6. The highest BCUT2D eigenvalue weighted by Gasteiger charge is 2.22. The number of fused-ring (bicyclic) bond motifs is 6. The molecule has 0 N–H and O–H groups in total. The van der Waals surface area contributed by atoms with Crippen LogP contribution in [0.3, 0.4) is 0 Å². The second-order valence-electron chi connectivity index (χ2n) is 12.3. The minimum absolute atomic E-state index is 0.641. The van der Waals surface area contributed by atoms with E-state index < -0.39 is 0 Å². The van der Waals surface area contributed by atoms with E-state index in [9.17, 15) is 0 Å². The van der Waals surface area contributed by atoms with Gasteiger partial charge in [-0.05, 0) is 48.0 Å². The van der Waals surface area contributed by atoms with Gasteiger partial charge in [0, 0.05) is 65.0 Å². The third-order valence-electron chi connectivity index (χ3n) is 9.40. The van der Waals surface area contributed by atoms with Crippen LogP contribution in [0.4, 0.5) is 0 Å². The summed E-state index contributed by atoms with van der Waals surface area (Å²) in [7, 11) is 0. The first-order valence-corrected chi connectivity index (χ1v) is 17.4. The molecule has 50 heavy (non-hydrogen) atoms. The van der Waals surface area contributed by atoms with Crippen molar-refractivity contribution in [1.82, 2.24) is 15.0 Å². The topological polar surface area (TPSA) is 51.8 Å². The lowest BCUT2D eigenvalue weighted by Crippen LogP contribution is -1.98. The van der Waals surface area contributed by atoms with Crippen molar-refractivity contribution < 1.29 is 4.42 Å². The summed E-state index contributed by atoms with van der Waals surface area (Å²) in [6.07, 6.45) is 1.82. The highest BCUT2D eigenvalue weighted by molar-refractivity contribution is 7.25. The smallest absolute Gasteiger partial charge is 0.161 e.